The summed E-state index contributed by atoms with van der Waals surface area (Å²) in [6.45, 7) is 1.57. The van der Waals surface area contributed by atoms with Gasteiger partial charge in [-0.1, -0.05) is 5.16 Å². The highest BCUT2D eigenvalue weighted by Crippen LogP contribution is 2.26. The number of methoxy groups -OCH3 is 1. The Balaban J connectivity index is 2.65. The topological polar surface area (TPSA) is 65.2 Å². The predicted molar refractivity (Wildman–Crippen MR) is 54.0 cm³/mol. The normalized spacial score (nSPS) is 13.6. The maximum absolute atomic E-state index is 12.2. The summed E-state index contributed by atoms with van der Waals surface area (Å²) >= 11 is 0. The van der Waals surface area contributed by atoms with E-state index in [-0.39, 0.29) is 11.7 Å². The number of carbonyl (C=O) groups is 1. The lowest BCUT2D eigenvalue weighted by atomic mass is 10.1. The second-order valence-corrected chi connectivity index (χ2v) is 3.73. The molecule has 18 heavy (non-hydrogen) atoms. The number of hydrogen-bond donors (Lipinski definition) is 0. The van der Waals surface area contributed by atoms with Crippen LogP contribution in [0.25, 0.3) is 0 Å². The zero-order valence-electron chi connectivity index (χ0n) is 9.95. The highest BCUT2D eigenvalue weighted by molar-refractivity contribution is 5.89. The molecule has 5 nitrogen and oxygen atoms in total. The molecule has 0 N–H and O–H groups in total. The van der Waals surface area contributed by atoms with Crippen LogP contribution in [0.1, 0.15) is 31.0 Å². The van der Waals surface area contributed by atoms with E-state index in [0.717, 1.165) is 6.92 Å². The van der Waals surface area contributed by atoms with Crippen molar-refractivity contribution in [3.8, 4) is 0 Å². The van der Waals surface area contributed by atoms with Gasteiger partial charge in [0.05, 0.1) is 0 Å². The monoisotopic (exact) mass is 266 g/mol. The molecule has 0 bridgehead atoms. The molecule has 1 aromatic rings. The Bertz CT molecular complexity index is 403. The summed E-state index contributed by atoms with van der Waals surface area (Å²) in [7, 11) is 1.53. The van der Waals surface area contributed by atoms with Crippen LogP contribution in [0.2, 0.25) is 0 Å². The third-order valence-electron chi connectivity index (χ3n) is 2.28. The van der Waals surface area contributed by atoms with Crippen LogP contribution in [-0.2, 0) is 16.0 Å². The Morgan fingerprint density at radius 2 is 2.17 bits per heavy atom. The predicted octanol–water partition coefficient (Wildman–Crippen LogP) is 1.88. The number of rotatable bonds is 6. The summed E-state index contributed by atoms with van der Waals surface area (Å²) in [5.74, 6) is -3.42. The van der Waals surface area contributed by atoms with E-state index in [1.807, 2.05) is 0 Å². The Kier molecular flexibility index (Phi) is 4.83. The van der Waals surface area contributed by atoms with Gasteiger partial charge >= 0.3 is 6.18 Å². The standard InChI is InChI=1S/C10H13F3N2O3/c1-6(8(16)10(11,12)13)9-14-7(15-18-9)4-3-5-17-2/h6H,3-5H2,1-2H3. The number of carbonyl (C=O) groups excluding carboxylic acids is 1. The van der Waals surface area contributed by atoms with Gasteiger partial charge in [-0.3, -0.25) is 4.79 Å². The Hall–Kier alpha value is -1.44. The molecule has 0 aliphatic heterocycles. The SMILES string of the molecule is COCCCc1noc(C(C)C(=O)C(F)(F)F)n1. The number of aromatic nitrogens is 2. The fourth-order valence-electron chi connectivity index (χ4n) is 1.28. The van der Waals surface area contributed by atoms with Crippen LogP contribution in [-0.4, -0.2) is 35.8 Å². The zero-order chi connectivity index (χ0) is 13.8. The highest BCUT2D eigenvalue weighted by Gasteiger charge is 2.43. The molecule has 1 atom stereocenters. The summed E-state index contributed by atoms with van der Waals surface area (Å²) in [6.07, 6.45) is -3.86. The average Bonchev–Trinajstić information content (AvgIpc) is 2.75. The molecule has 0 spiro atoms. The molecule has 0 radical (unpaired) electrons. The molecule has 0 aliphatic rings. The number of alkyl halides is 3. The van der Waals surface area contributed by atoms with E-state index in [2.05, 4.69) is 14.7 Å². The van der Waals surface area contributed by atoms with Crippen LogP contribution in [0.15, 0.2) is 4.52 Å². The van der Waals surface area contributed by atoms with E-state index >= 15 is 0 Å². The molecule has 0 amide bonds. The fourth-order valence-corrected chi connectivity index (χ4v) is 1.28. The largest absolute Gasteiger partial charge is 0.450 e. The van der Waals surface area contributed by atoms with Gasteiger partial charge in [0.2, 0.25) is 11.7 Å². The van der Waals surface area contributed by atoms with Crippen molar-refractivity contribution in [2.45, 2.75) is 31.9 Å². The van der Waals surface area contributed by atoms with E-state index in [1.54, 1.807) is 0 Å². The van der Waals surface area contributed by atoms with E-state index in [1.165, 1.54) is 7.11 Å². The average molecular weight is 266 g/mol. The first-order chi connectivity index (χ1) is 8.36. The molecule has 1 aromatic heterocycles. The van der Waals surface area contributed by atoms with Gasteiger partial charge in [0.1, 0.15) is 5.92 Å². The Morgan fingerprint density at radius 3 is 2.72 bits per heavy atom. The van der Waals surface area contributed by atoms with Gasteiger partial charge in [-0.15, -0.1) is 0 Å². The van der Waals surface area contributed by atoms with E-state index in [0.29, 0.717) is 19.4 Å². The van der Waals surface area contributed by atoms with Gasteiger partial charge in [0, 0.05) is 20.1 Å². The Morgan fingerprint density at radius 1 is 1.50 bits per heavy atom. The van der Waals surface area contributed by atoms with Crippen molar-refractivity contribution >= 4 is 5.78 Å². The zero-order valence-corrected chi connectivity index (χ0v) is 9.95. The molecule has 1 unspecified atom stereocenters. The van der Waals surface area contributed by atoms with Gasteiger partial charge in [-0.05, 0) is 13.3 Å². The second-order valence-electron chi connectivity index (χ2n) is 3.73. The second kappa shape index (κ2) is 5.94. The van der Waals surface area contributed by atoms with Crippen LogP contribution in [0, 0.1) is 0 Å². The molecule has 0 fully saturated rings. The number of Topliss-reactive ketones (excluding diaryl/α,β-unsaturated/α-hetero) is 1. The van der Waals surface area contributed by atoms with Crippen LogP contribution < -0.4 is 0 Å². The van der Waals surface area contributed by atoms with Crippen molar-refractivity contribution in [1.29, 1.82) is 0 Å². The molecule has 1 heterocycles. The smallest absolute Gasteiger partial charge is 0.385 e. The van der Waals surface area contributed by atoms with Crippen LogP contribution in [0.3, 0.4) is 0 Å². The summed E-state index contributed by atoms with van der Waals surface area (Å²) in [6, 6.07) is 0. The minimum Gasteiger partial charge on any atom is -0.385 e. The number of hydrogen-bond acceptors (Lipinski definition) is 5. The van der Waals surface area contributed by atoms with Crippen molar-refractivity contribution in [2.24, 2.45) is 0 Å². The van der Waals surface area contributed by atoms with Crippen molar-refractivity contribution < 1.29 is 27.2 Å². The summed E-state index contributed by atoms with van der Waals surface area (Å²) in [5, 5.41) is 3.51. The molecule has 8 heteroatoms. The lowest BCUT2D eigenvalue weighted by Crippen LogP contribution is -2.27. The van der Waals surface area contributed by atoms with Gasteiger partial charge in [-0.2, -0.15) is 18.2 Å². The van der Waals surface area contributed by atoms with Gasteiger partial charge < -0.3 is 9.26 Å². The van der Waals surface area contributed by atoms with Gasteiger partial charge in [0.25, 0.3) is 0 Å². The lowest BCUT2D eigenvalue weighted by molar-refractivity contribution is -0.172. The van der Waals surface area contributed by atoms with E-state index < -0.39 is 17.9 Å². The number of halogens is 3. The maximum Gasteiger partial charge on any atom is 0.450 e. The fraction of sp³-hybridized carbons (Fsp3) is 0.700. The van der Waals surface area contributed by atoms with Crippen molar-refractivity contribution in [3.63, 3.8) is 0 Å². The molecule has 102 valence electrons. The molecule has 1 rings (SSSR count). The summed E-state index contributed by atoms with van der Waals surface area (Å²) < 4.78 is 46.0. The third-order valence-corrected chi connectivity index (χ3v) is 2.28. The van der Waals surface area contributed by atoms with Crippen LogP contribution in [0.4, 0.5) is 13.2 Å². The number of nitrogens with zero attached hydrogens (tertiary/aromatic N) is 2. The lowest BCUT2D eigenvalue weighted by Gasteiger charge is -2.08. The quantitative estimate of drug-likeness (QED) is 0.735. The van der Waals surface area contributed by atoms with E-state index in [9.17, 15) is 18.0 Å². The first kappa shape index (κ1) is 14.6. The molecule has 0 saturated heterocycles. The van der Waals surface area contributed by atoms with Crippen molar-refractivity contribution in [1.82, 2.24) is 10.1 Å². The van der Waals surface area contributed by atoms with Gasteiger partial charge in [0.15, 0.2) is 5.82 Å². The molecular formula is C10H13F3N2O3. The maximum atomic E-state index is 12.2. The highest BCUT2D eigenvalue weighted by atomic mass is 19.4. The van der Waals surface area contributed by atoms with Gasteiger partial charge in [-0.25, -0.2) is 0 Å². The van der Waals surface area contributed by atoms with E-state index in [4.69, 9.17) is 4.74 Å². The van der Waals surface area contributed by atoms with Crippen LogP contribution >= 0.6 is 0 Å². The first-order valence-electron chi connectivity index (χ1n) is 5.28. The third kappa shape index (κ3) is 3.80. The molecule has 0 saturated carbocycles. The Labute approximate surface area is 101 Å². The van der Waals surface area contributed by atoms with Crippen molar-refractivity contribution in [3.05, 3.63) is 11.7 Å². The summed E-state index contributed by atoms with van der Waals surface area (Å²) in [4.78, 5) is 14.7. The van der Waals surface area contributed by atoms with Crippen LogP contribution in [0.5, 0.6) is 0 Å². The minimum absolute atomic E-state index is 0.267. The molecule has 0 aliphatic carbocycles. The summed E-state index contributed by atoms with van der Waals surface area (Å²) in [5.41, 5.74) is 0. The number of aryl methyl sites for hydroxylation is 1. The number of ether oxygens (including phenoxy) is 1. The molecular weight excluding hydrogens is 253 g/mol. The van der Waals surface area contributed by atoms with Crippen molar-refractivity contribution in [2.75, 3.05) is 13.7 Å². The number of ketones is 1. The molecule has 0 aromatic carbocycles. The first-order valence-corrected chi connectivity index (χ1v) is 5.28. The minimum atomic E-state index is -4.90.